The number of aromatic nitrogens is 1. The summed E-state index contributed by atoms with van der Waals surface area (Å²) in [5, 5.41) is 5.13. The molecule has 1 atom stereocenters. The smallest absolute Gasteiger partial charge is 0.408 e. The van der Waals surface area contributed by atoms with Crippen LogP contribution in [0.25, 0.3) is 11.1 Å². The van der Waals surface area contributed by atoms with Crippen LogP contribution in [0.3, 0.4) is 0 Å². The fourth-order valence-electron chi connectivity index (χ4n) is 3.39. The highest BCUT2D eigenvalue weighted by Gasteiger charge is 2.18. The molecule has 0 saturated heterocycles. The Morgan fingerprint density at radius 1 is 1.10 bits per heavy atom. The minimum Gasteiger partial charge on any atom is -0.408 e. The summed E-state index contributed by atoms with van der Waals surface area (Å²) in [6.45, 7) is 2.39. The summed E-state index contributed by atoms with van der Waals surface area (Å²) in [7, 11) is 0. The standard InChI is InChI=1S/C23H22N2O3S/c1-2-16-9-11-17(12-10-16)22(20-8-5-15-29-20)24-21(26)13-14-25-18-6-3-4-7-19(18)28-23(25)27/h3-12,15,22H,2,13-14H2,1H3,(H,24,26). The first-order valence-corrected chi connectivity index (χ1v) is 10.5. The van der Waals surface area contributed by atoms with Crippen LogP contribution in [0.5, 0.6) is 0 Å². The molecule has 4 aromatic rings. The van der Waals surface area contributed by atoms with Crippen molar-refractivity contribution in [3.8, 4) is 0 Å². The second-order valence-electron chi connectivity index (χ2n) is 6.85. The molecule has 29 heavy (non-hydrogen) atoms. The van der Waals surface area contributed by atoms with Gasteiger partial charge in [-0.2, -0.15) is 0 Å². The average Bonchev–Trinajstić information content (AvgIpc) is 3.38. The Morgan fingerprint density at radius 2 is 1.90 bits per heavy atom. The fourth-order valence-corrected chi connectivity index (χ4v) is 4.19. The van der Waals surface area contributed by atoms with Crippen LogP contribution in [0.1, 0.15) is 35.4 Å². The number of fused-ring (bicyclic) bond motifs is 1. The Balaban J connectivity index is 1.50. The largest absolute Gasteiger partial charge is 0.419 e. The Hall–Kier alpha value is -3.12. The van der Waals surface area contributed by atoms with E-state index in [4.69, 9.17) is 4.42 Å². The molecule has 1 N–H and O–H groups in total. The maximum atomic E-state index is 12.7. The predicted molar refractivity (Wildman–Crippen MR) is 115 cm³/mol. The second kappa shape index (κ2) is 8.49. The van der Waals surface area contributed by atoms with E-state index < -0.39 is 5.76 Å². The van der Waals surface area contributed by atoms with Gasteiger partial charge >= 0.3 is 5.76 Å². The van der Waals surface area contributed by atoms with Crippen molar-refractivity contribution in [2.45, 2.75) is 32.4 Å². The SMILES string of the molecule is CCc1ccc(C(NC(=O)CCn2c(=O)oc3ccccc32)c2cccs2)cc1. The Labute approximate surface area is 172 Å². The van der Waals surface area contributed by atoms with Crippen LogP contribution in [0.15, 0.2) is 75.3 Å². The van der Waals surface area contributed by atoms with Crippen molar-refractivity contribution in [2.24, 2.45) is 0 Å². The summed E-state index contributed by atoms with van der Waals surface area (Å²) in [6, 6.07) is 19.4. The molecular formula is C23H22N2O3S. The van der Waals surface area contributed by atoms with Crippen molar-refractivity contribution in [3.05, 3.63) is 92.6 Å². The molecule has 1 amide bonds. The highest BCUT2D eigenvalue weighted by atomic mass is 32.1. The molecule has 1 unspecified atom stereocenters. The number of rotatable bonds is 7. The minimum atomic E-state index is -0.441. The van der Waals surface area contributed by atoms with Crippen LogP contribution in [-0.4, -0.2) is 10.5 Å². The Morgan fingerprint density at radius 3 is 2.62 bits per heavy atom. The van der Waals surface area contributed by atoms with E-state index in [0.717, 1.165) is 16.9 Å². The zero-order chi connectivity index (χ0) is 20.2. The number of amides is 1. The number of para-hydroxylation sites is 2. The van der Waals surface area contributed by atoms with Gasteiger partial charge in [0.25, 0.3) is 0 Å². The molecule has 4 rings (SSSR count). The van der Waals surface area contributed by atoms with Crippen LogP contribution in [-0.2, 0) is 17.8 Å². The topological polar surface area (TPSA) is 64.2 Å². The van der Waals surface area contributed by atoms with E-state index in [9.17, 15) is 9.59 Å². The minimum absolute atomic E-state index is 0.111. The highest BCUT2D eigenvalue weighted by molar-refractivity contribution is 7.10. The van der Waals surface area contributed by atoms with Gasteiger partial charge in [0.05, 0.1) is 11.6 Å². The highest BCUT2D eigenvalue weighted by Crippen LogP contribution is 2.26. The number of carbonyl (C=O) groups excluding carboxylic acids is 1. The molecule has 148 valence electrons. The first-order valence-electron chi connectivity index (χ1n) is 9.65. The molecule has 0 radical (unpaired) electrons. The van der Waals surface area contributed by atoms with Gasteiger partial charge in [0.1, 0.15) is 0 Å². The normalized spacial score (nSPS) is 12.2. The molecule has 5 nitrogen and oxygen atoms in total. The van der Waals surface area contributed by atoms with Gasteiger partial charge in [0.2, 0.25) is 5.91 Å². The first kappa shape index (κ1) is 19.2. The lowest BCUT2D eigenvalue weighted by Gasteiger charge is -2.18. The third kappa shape index (κ3) is 4.17. The number of hydrogen-bond donors (Lipinski definition) is 1. The Bertz CT molecular complexity index is 1160. The number of nitrogens with zero attached hydrogens (tertiary/aromatic N) is 1. The molecule has 0 bridgehead atoms. The summed E-state index contributed by atoms with van der Waals surface area (Å²) in [5.74, 6) is -0.552. The number of oxazole rings is 1. The van der Waals surface area contributed by atoms with Crippen LogP contribution in [0.2, 0.25) is 0 Å². The van der Waals surface area contributed by atoms with E-state index in [1.54, 1.807) is 17.4 Å². The van der Waals surface area contributed by atoms with Crippen molar-refractivity contribution in [3.63, 3.8) is 0 Å². The molecule has 2 heterocycles. The lowest BCUT2D eigenvalue weighted by atomic mass is 10.0. The number of carbonyl (C=O) groups is 1. The predicted octanol–water partition coefficient (Wildman–Crippen LogP) is 4.51. The lowest BCUT2D eigenvalue weighted by Crippen LogP contribution is -2.30. The molecular weight excluding hydrogens is 384 g/mol. The number of aryl methyl sites for hydroxylation is 2. The summed E-state index contributed by atoms with van der Waals surface area (Å²) in [5.41, 5.74) is 3.54. The molecule has 0 spiro atoms. The maximum absolute atomic E-state index is 12.7. The van der Waals surface area contributed by atoms with Crippen molar-refractivity contribution in [1.82, 2.24) is 9.88 Å². The van der Waals surface area contributed by atoms with E-state index in [2.05, 4.69) is 36.5 Å². The van der Waals surface area contributed by atoms with Gasteiger partial charge in [0.15, 0.2) is 5.58 Å². The van der Waals surface area contributed by atoms with E-state index in [-0.39, 0.29) is 24.9 Å². The van der Waals surface area contributed by atoms with Crippen molar-refractivity contribution < 1.29 is 9.21 Å². The van der Waals surface area contributed by atoms with Gasteiger partial charge in [-0.25, -0.2) is 4.79 Å². The van der Waals surface area contributed by atoms with E-state index >= 15 is 0 Å². The van der Waals surface area contributed by atoms with E-state index in [1.165, 1.54) is 10.1 Å². The number of nitrogens with one attached hydrogen (secondary N) is 1. The summed E-state index contributed by atoms with van der Waals surface area (Å²) >= 11 is 1.61. The van der Waals surface area contributed by atoms with Gasteiger partial charge in [-0.3, -0.25) is 9.36 Å². The molecule has 2 aromatic heterocycles. The molecule has 0 aliphatic carbocycles. The molecule has 6 heteroatoms. The lowest BCUT2D eigenvalue weighted by molar-refractivity contribution is -0.121. The first-order chi connectivity index (χ1) is 14.2. The summed E-state index contributed by atoms with van der Waals surface area (Å²) < 4.78 is 6.74. The number of benzene rings is 2. The van der Waals surface area contributed by atoms with E-state index in [0.29, 0.717) is 11.1 Å². The maximum Gasteiger partial charge on any atom is 0.419 e. The van der Waals surface area contributed by atoms with Crippen molar-refractivity contribution in [2.75, 3.05) is 0 Å². The van der Waals surface area contributed by atoms with Gasteiger partial charge in [-0.15, -0.1) is 11.3 Å². The Kier molecular flexibility index (Phi) is 5.62. The van der Waals surface area contributed by atoms with Crippen LogP contribution in [0.4, 0.5) is 0 Å². The number of hydrogen-bond acceptors (Lipinski definition) is 4. The van der Waals surface area contributed by atoms with E-state index in [1.807, 2.05) is 35.7 Å². The van der Waals surface area contributed by atoms with Crippen molar-refractivity contribution >= 4 is 28.3 Å². The molecule has 2 aromatic carbocycles. The fraction of sp³-hybridized carbons (Fsp3) is 0.217. The molecule has 0 aliphatic heterocycles. The third-order valence-corrected chi connectivity index (χ3v) is 5.93. The van der Waals surface area contributed by atoms with Crippen molar-refractivity contribution in [1.29, 1.82) is 0 Å². The van der Waals surface area contributed by atoms with Gasteiger partial charge in [-0.05, 0) is 41.1 Å². The number of thiophene rings is 1. The third-order valence-electron chi connectivity index (χ3n) is 4.99. The van der Waals surface area contributed by atoms with Gasteiger partial charge < -0.3 is 9.73 Å². The van der Waals surface area contributed by atoms with Crippen LogP contribution < -0.4 is 11.1 Å². The average molecular weight is 407 g/mol. The zero-order valence-corrected chi connectivity index (χ0v) is 16.9. The molecule has 0 saturated carbocycles. The molecule has 0 fully saturated rings. The summed E-state index contributed by atoms with van der Waals surface area (Å²) in [4.78, 5) is 25.9. The van der Waals surface area contributed by atoms with Crippen LogP contribution >= 0.6 is 11.3 Å². The van der Waals surface area contributed by atoms with Gasteiger partial charge in [-0.1, -0.05) is 49.4 Å². The summed E-state index contributed by atoms with van der Waals surface area (Å²) in [6.07, 6.45) is 1.17. The quantitative estimate of drug-likeness (QED) is 0.491. The monoisotopic (exact) mass is 406 g/mol. The molecule has 0 aliphatic rings. The van der Waals surface area contributed by atoms with Crippen LogP contribution in [0, 0.1) is 0 Å². The second-order valence-corrected chi connectivity index (χ2v) is 7.83. The van der Waals surface area contributed by atoms with Gasteiger partial charge in [0, 0.05) is 17.8 Å². The zero-order valence-electron chi connectivity index (χ0n) is 16.1.